The maximum absolute atomic E-state index is 7.36. The van der Waals surface area contributed by atoms with Crippen molar-refractivity contribution in [3.63, 3.8) is 0 Å². The van der Waals surface area contributed by atoms with Crippen molar-refractivity contribution < 1.29 is 0 Å². The Bertz CT molecular complexity index is 148. The van der Waals surface area contributed by atoms with Crippen molar-refractivity contribution in [2.75, 3.05) is 0 Å². The van der Waals surface area contributed by atoms with Crippen LogP contribution >= 0.6 is 0 Å². The monoisotopic (exact) mass is 123 g/mol. The van der Waals surface area contributed by atoms with E-state index in [0.29, 0.717) is 5.92 Å². The first-order valence-corrected chi connectivity index (χ1v) is 3.77. The average Bonchev–Trinajstić information content (AvgIpc) is 2.35. The second-order valence-electron chi connectivity index (χ2n) is 3.79. The van der Waals surface area contributed by atoms with Crippen LogP contribution in [0.25, 0.3) is 0 Å². The minimum absolute atomic E-state index is 0.674. The summed E-state index contributed by atoms with van der Waals surface area (Å²) in [6.07, 6.45) is 5.58. The van der Waals surface area contributed by atoms with E-state index >= 15 is 0 Å². The maximum Gasteiger partial charge on any atom is 0.00895 e. The lowest BCUT2D eigenvalue weighted by Crippen LogP contribution is -2.29. The molecule has 0 saturated heterocycles. The van der Waals surface area contributed by atoms with Crippen LogP contribution in [0, 0.1) is 16.7 Å². The molecule has 2 rings (SSSR count). The third-order valence-corrected chi connectivity index (χ3v) is 2.93. The van der Waals surface area contributed by atoms with Gasteiger partial charge in [-0.25, -0.2) is 0 Å². The average molecular weight is 123 g/mol. The van der Waals surface area contributed by atoms with Gasteiger partial charge in [0.05, 0.1) is 0 Å². The molecule has 1 N–H and O–H groups in total. The Kier molecular flexibility index (Phi) is 0.842. The third kappa shape index (κ3) is 0.707. The molecule has 0 aromatic rings. The van der Waals surface area contributed by atoms with E-state index in [1.807, 2.05) is 6.92 Å². The van der Waals surface area contributed by atoms with Crippen LogP contribution in [0.5, 0.6) is 0 Å². The highest BCUT2D eigenvalue weighted by molar-refractivity contribution is 5.82. The van der Waals surface area contributed by atoms with Crippen LogP contribution in [0.3, 0.4) is 0 Å². The quantitative estimate of drug-likeness (QED) is 0.517. The maximum atomic E-state index is 7.36. The van der Waals surface area contributed by atoms with E-state index < -0.39 is 0 Å². The van der Waals surface area contributed by atoms with Gasteiger partial charge < -0.3 is 5.41 Å². The van der Waals surface area contributed by atoms with Crippen molar-refractivity contribution in [3.8, 4) is 0 Å². The second-order valence-corrected chi connectivity index (χ2v) is 3.79. The molecule has 0 bridgehead atoms. The zero-order valence-electron chi connectivity index (χ0n) is 5.91. The van der Waals surface area contributed by atoms with Crippen molar-refractivity contribution in [2.24, 2.45) is 11.3 Å². The molecule has 2 fully saturated rings. The van der Waals surface area contributed by atoms with Crippen LogP contribution in [-0.2, 0) is 0 Å². The molecule has 1 nitrogen and oxygen atoms in total. The van der Waals surface area contributed by atoms with E-state index in [9.17, 15) is 0 Å². The van der Waals surface area contributed by atoms with E-state index in [1.54, 1.807) is 0 Å². The zero-order chi connectivity index (χ0) is 6.48. The van der Waals surface area contributed by atoms with Gasteiger partial charge in [-0.1, -0.05) is 0 Å². The Labute approximate surface area is 56.0 Å². The van der Waals surface area contributed by atoms with Gasteiger partial charge in [-0.3, -0.25) is 0 Å². The first-order chi connectivity index (χ1) is 4.22. The lowest BCUT2D eigenvalue weighted by Gasteiger charge is -2.35. The minimum Gasteiger partial charge on any atom is -0.310 e. The van der Waals surface area contributed by atoms with Gasteiger partial charge in [0.2, 0.25) is 0 Å². The van der Waals surface area contributed by atoms with Crippen LogP contribution in [0.4, 0.5) is 0 Å². The summed E-state index contributed by atoms with van der Waals surface area (Å²) in [7, 11) is 0. The summed E-state index contributed by atoms with van der Waals surface area (Å²) >= 11 is 0. The van der Waals surface area contributed by atoms with Gasteiger partial charge in [0.15, 0.2) is 0 Å². The van der Waals surface area contributed by atoms with Gasteiger partial charge in [-0.15, -0.1) is 0 Å². The Morgan fingerprint density at radius 2 is 2.00 bits per heavy atom. The molecule has 2 saturated carbocycles. The fraction of sp³-hybridized carbons (Fsp3) is 0.875. The van der Waals surface area contributed by atoms with E-state index in [4.69, 9.17) is 5.41 Å². The molecule has 0 aromatic carbocycles. The molecule has 0 unspecified atom stereocenters. The van der Waals surface area contributed by atoms with E-state index in [-0.39, 0.29) is 0 Å². The van der Waals surface area contributed by atoms with Gasteiger partial charge in [-0.2, -0.15) is 0 Å². The SMILES string of the molecule is CC(=N)C1CC2(CC2)C1. The van der Waals surface area contributed by atoms with Crippen molar-refractivity contribution in [1.82, 2.24) is 0 Å². The summed E-state index contributed by atoms with van der Waals surface area (Å²) in [5, 5.41) is 7.36. The van der Waals surface area contributed by atoms with Gasteiger partial charge in [0.25, 0.3) is 0 Å². The van der Waals surface area contributed by atoms with Gasteiger partial charge in [0, 0.05) is 5.71 Å². The molecule has 2 aliphatic carbocycles. The molecule has 0 amide bonds. The molecule has 2 aliphatic rings. The number of nitrogens with one attached hydrogen (secondary N) is 1. The summed E-state index contributed by atoms with van der Waals surface area (Å²) in [6.45, 7) is 1.94. The highest BCUT2D eigenvalue weighted by atomic mass is 14.6. The van der Waals surface area contributed by atoms with Crippen LogP contribution in [0.15, 0.2) is 0 Å². The van der Waals surface area contributed by atoms with Crippen LogP contribution in [-0.4, -0.2) is 5.71 Å². The van der Waals surface area contributed by atoms with E-state index in [0.717, 1.165) is 11.1 Å². The summed E-state index contributed by atoms with van der Waals surface area (Å²) < 4.78 is 0. The fourth-order valence-corrected chi connectivity index (χ4v) is 1.88. The van der Waals surface area contributed by atoms with E-state index in [2.05, 4.69) is 0 Å². The Morgan fingerprint density at radius 3 is 2.33 bits per heavy atom. The molecule has 1 heteroatoms. The second kappa shape index (κ2) is 1.39. The molecular formula is C8H13N. The zero-order valence-corrected chi connectivity index (χ0v) is 5.91. The molecule has 0 radical (unpaired) electrons. The molecule has 0 aliphatic heterocycles. The normalized spacial score (nSPS) is 29.9. The largest absolute Gasteiger partial charge is 0.310 e. The van der Waals surface area contributed by atoms with Crippen LogP contribution in [0.1, 0.15) is 32.6 Å². The van der Waals surface area contributed by atoms with Gasteiger partial charge >= 0.3 is 0 Å². The molecule has 0 atom stereocenters. The predicted molar refractivity (Wildman–Crippen MR) is 37.8 cm³/mol. The van der Waals surface area contributed by atoms with Crippen molar-refractivity contribution in [1.29, 1.82) is 5.41 Å². The van der Waals surface area contributed by atoms with Crippen molar-refractivity contribution in [2.45, 2.75) is 32.6 Å². The highest BCUT2D eigenvalue weighted by Gasteiger charge is 2.53. The topological polar surface area (TPSA) is 23.9 Å². The summed E-state index contributed by atoms with van der Waals surface area (Å²) in [6, 6.07) is 0. The molecule has 0 aromatic heterocycles. The summed E-state index contributed by atoms with van der Waals surface area (Å²) in [5.41, 5.74) is 1.69. The molecular weight excluding hydrogens is 110 g/mol. The number of rotatable bonds is 1. The lowest BCUT2D eigenvalue weighted by atomic mass is 9.70. The Morgan fingerprint density at radius 1 is 1.44 bits per heavy atom. The molecule has 9 heavy (non-hydrogen) atoms. The smallest absolute Gasteiger partial charge is 0.00895 e. The number of hydrogen-bond acceptors (Lipinski definition) is 1. The Balaban J connectivity index is 1.90. The first-order valence-electron chi connectivity index (χ1n) is 3.77. The molecule has 1 spiro atoms. The van der Waals surface area contributed by atoms with Gasteiger partial charge in [0.1, 0.15) is 0 Å². The van der Waals surface area contributed by atoms with Crippen LogP contribution < -0.4 is 0 Å². The highest BCUT2D eigenvalue weighted by Crippen LogP contribution is 2.63. The van der Waals surface area contributed by atoms with E-state index in [1.165, 1.54) is 25.7 Å². The fourth-order valence-electron chi connectivity index (χ4n) is 1.88. The standard InChI is InChI=1S/C8H13N/c1-6(9)7-4-8(5-7)2-3-8/h7,9H,2-5H2,1H3. The Hall–Kier alpha value is -0.330. The minimum atomic E-state index is 0.674. The molecule has 0 heterocycles. The van der Waals surface area contributed by atoms with Gasteiger partial charge in [-0.05, 0) is 43.9 Å². The number of hydrogen-bond donors (Lipinski definition) is 1. The first kappa shape index (κ1) is 5.45. The summed E-state index contributed by atoms with van der Waals surface area (Å²) in [5.74, 6) is 0.674. The molecule has 50 valence electrons. The third-order valence-electron chi connectivity index (χ3n) is 2.93. The summed E-state index contributed by atoms with van der Waals surface area (Å²) in [4.78, 5) is 0. The lowest BCUT2D eigenvalue weighted by molar-refractivity contribution is 0.228. The van der Waals surface area contributed by atoms with Crippen molar-refractivity contribution in [3.05, 3.63) is 0 Å². The van der Waals surface area contributed by atoms with Crippen LogP contribution in [0.2, 0.25) is 0 Å². The van der Waals surface area contributed by atoms with Crippen molar-refractivity contribution >= 4 is 5.71 Å². The predicted octanol–water partition coefficient (Wildman–Crippen LogP) is 2.22.